The van der Waals surface area contributed by atoms with Gasteiger partial charge in [-0.05, 0) is 42.3 Å². The first-order valence-electron chi connectivity index (χ1n) is 5.02. The number of halogens is 2. The van der Waals surface area contributed by atoms with Crippen LogP contribution < -0.4 is 0 Å². The van der Waals surface area contributed by atoms with Crippen molar-refractivity contribution in [1.29, 1.82) is 0 Å². The van der Waals surface area contributed by atoms with E-state index in [1.165, 1.54) is 5.56 Å². The number of hydrogen-bond acceptors (Lipinski definition) is 3. The summed E-state index contributed by atoms with van der Waals surface area (Å²) in [7, 11) is 0. The highest BCUT2D eigenvalue weighted by Gasteiger charge is 2.01. The highest BCUT2D eigenvalue weighted by atomic mass is 35.5. The Bertz CT molecular complexity index is 494. The minimum absolute atomic E-state index is 0.295. The average molecular weight is 285 g/mol. The molecular weight excluding hydrogens is 275 g/mol. The largest absolute Gasteiger partial charge is 0.223 e. The van der Waals surface area contributed by atoms with E-state index in [9.17, 15) is 0 Å². The topological polar surface area (TPSA) is 25.8 Å². The molecule has 0 fully saturated rings. The Morgan fingerprint density at radius 3 is 2.47 bits per heavy atom. The third-order valence-electron chi connectivity index (χ3n) is 2.10. The van der Waals surface area contributed by atoms with E-state index in [2.05, 4.69) is 9.97 Å². The van der Waals surface area contributed by atoms with Crippen molar-refractivity contribution in [3.63, 3.8) is 0 Å². The van der Waals surface area contributed by atoms with Crippen molar-refractivity contribution in [2.75, 3.05) is 0 Å². The maximum absolute atomic E-state index is 5.83. The van der Waals surface area contributed by atoms with Gasteiger partial charge in [-0.3, -0.25) is 0 Å². The number of hydrogen-bond donors (Lipinski definition) is 0. The predicted molar refractivity (Wildman–Crippen MR) is 72.8 cm³/mol. The van der Waals surface area contributed by atoms with Crippen molar-refractivity contribution in [3.8, 4) is 0 Å². The molecule has 0 bridgehead atoms. The number of rotatable bonds is 3. The van der Waals surface area contributed by atoms with Gasteiger partial charge in [0.25, 0.3) is 0 Å². The highest BCUT2D eigenvalue weighted by molar-refractivity contribution is 7.98. The number of aryl methyl sites for hydroxylation is 1. The van der Waals surface area contributed by atoms with Gasteiger partial charge in [-0.15, -0.1) is 11.8 Å². The molecule has 0 saturated heterocycles. The SMILES string of the molecule is Cc1cc(SCc2ccc(Cl)cc2)nc(Cl)n1. The van der Waals surface area contributed by atoms with Gasteiger partial charge < -0.3 is 0 Å². The standard InChI is InChI=1S/C12H10Cl2N2S/c1-8-6-11(16-12(14)15-8)17-7-9-2-4-10(13)5-3-9/h2-6H,7H2,1H3. The van der Waals surface area contributed by atoms with Crippen LogP contribution in [0.15, 0.2) is 35.4 Å². The van der Waals surface area contributed by atoms with Crippen LogP contribution in [0.1, 0.15) is 11.3 Å². The van der Waals surface area contributed by atoms with E-state index in [0.717, 1.165) is 21.5 Å². The Balaban J connectivity index is 2.04. The average Bonchev–Trinajstić information content (AvgIpc) is 2.27. The fourth-order valence-corrected chi connectivity index (χ4v) is 2.63. The smallest absolute Gasteiger partial charge is 0.223 e. The minimum atomic E-state index is 0.295. The third kappa shape index (κ3) is 3.87. The zero-order valence-electron chi connectivity index (χ0n) is 9.15. The Hall–Kier alpha value is -0.770. The number of aromatic nitrogens is 2. The van der Waals surface area contributed by atoms with Gasteiger partial charge in [-0.25, -0.2) is 9.97 Å². The Morgan fingerprint density at radius 2 is 1.82 bits per heavy atom. The van der Waals surface area contributed by atoms with Gasteiger partial charge in [0.1, 0.15) is 5.03 Å². The van der Waals surface area contributed by atoms with Gasteiger partial charge in [-0.2, -0.15) is 0 Å². The Kier molecular flexibility index (Phi) is 4.26. The van der Waals surface area contributed by atoms with E-state index >= 15 is 0 Å². The molecule has 0 spiro atoms. The van der Waals surface area contributed by atoms with Gasteiger partial charge in [0.2, 0.25) is 5.28 Å². The van der Waals surface area contributed by atoms with Gasteiger partial charge in [0, 0.05) is 16.5 Å². The van der Waals surface area contributed by atoms with E-state index < -0.39 is 0 Å². The van der Waals surface area contributed by atoms with E-state index in [-0.39, 0.29) is 0 Å². The maximum Gasteiger partial charge on any atom is 0.223 e. The molecule has 0 saturated carbocycles. The lowest BCUT2D eigenvalue weighted by Crippen LogP contribution is -1.89. The molecular formula is C12H10Cl2N2S. The van der Waals surface area contributed by atoms with E-state index in [1.54, 1.807) is 11.8 Å². The summed E-state index contributed by atoms with van der Waals surface area (Å²) < 4.78 is 0. The van der Waals surface area contributed by atoms with Crippen LogP contribution in [-0.4, -0.2) is 9.97 Å². The summed E-state index contributed by atoms with van der Waals surface area (Å²) in [6.45, 7) is 1.90. The van der Waals surface area contributed by atoms with Crippen molar-refractivity contribution >= 4 is 35.0 Å². The fraction of sp³-hybridized carbons (Fsp3) is 0.167. The van der Waals surface area contributed by atoms with Crippen LogP contribution in [0.4, 0.5) is 0 Å². The van der Waals surface area contributed by atoms with Crippen LogP contribution in [0.2, 0.25) is 10.3 Å². The lowest BCUT2D eigenvalue weighted by molar-refractivity contribution is 1.01. The van der Waals surface area contributed by atoms with E-state index in [4.69, 9.17) is 23.2 Å². The van der Waals surface area contributed by atoms with Crippen molar-refractivity contribution in [2.24, 2.45) is 0 Å². The summed E-state index contributed by atoms with van der Waals surface area (Å²) in [5, 5.41) is 1.93. The lowest BCUT2D eigenvalue weighted by Gasteiger charge is -2.03. The summed E-state index contributed by atoms with van der Waals surface area (Å²) in [6, 6.07) is 9.70. The second kappa shape index (κ2) is 5.71. The molecule has 1 heterocycles. The number of benzene rings is 1. The van der Waals surface area contributed by atoms with Crippen molar-refractivity contribution in [2.45, 2.75) is 17.7 Å². The zero-order chi connectivity index (χ0) is 12.3. The van der Waals surface area contributed by atoms with Crippen molar-refractivity contribution in [3.05, 3.63) is 51.9 Å². The second-order valence-electron chi connectivity index (χ2n) is 3.53. The first kappa shape index (κ1) is 12.7. The predicted octanol–water partition coefficient (Wildman–Crippen LogP) is 4.38. The monoisotopic (exact) mass is 284 g/mol. The molecule has 0 radical (unpaired) electrons. The van der Waals surface area contributed by atoms with Crippen LogP contribution in [0, 0.1) is 6.92 Å². The molecule has 17 heavy (non-hydrogen) atoms. The molecule has 1 aromatic carbocycles. The molecule has 0 aliphatic heterocycles. The molecule has 88 valence electrons. The number of thioether (sulfide) groups is 1. The first-order chi connectivity index (χ1) is 8.13. The summed E-state index contributed by atoms with van der Waals surface area (Å²) in [5.74, 6) is 0.837. The molecule has 0 atom stereocenters. The molecule has 5 heteroatoms. The highest BCUT2D eigenvalue weighted by Crippen LogP contribution is 2.23. The first-order valence-corrected chi connectivity index (χ1v) is 6.76. The van der Waals surface area contributed by atoms with E-state index in [1.807, 2.05) is 37.3 Å². The molecule has 2 nitrogen and oxygen atoms in total. The Labute approximate surface area is 114 Å². The van der Waals surface area contributed by atoms with Crippen LogP contribution in [0.3, 0.4) is 0 Å². The van der Waals surface area contributed by atoms with Gasteiger partial charge in [0.05, 0.1) is 0 Å². The van der Waals surface area contributed by atoms with Gasteiger partial charge >= 0.3 is 0 Å². The lowest BCUT2D eigenvalue weighted by atomic mass is 10.2. The van der Waals surface area contributed by atoms with Crippen LogP contribution in [0.25, 0.3) is 0 Å². The summed E-state index contributed by atoms with van der Waals surface area (Å²) in [6.07, 6.45) is 0. The second-order valence-corrected chi connectivity index (χ2v) is 5.30. The summed E-state index contributed by atoms with van der Waals surface area (Å²) in [4.78, 5) is 8.18. The molecule has 2 rings (SSSR count). The quantitative estimate of drug-likeness (QED) is 0.475. The van der Waals surface area contributed by atoms with E-state index in [0.29, 0.717) is 5.28 Å². The van der Waals surface area contributed by atoms with Crippen LogP contribution >= 0.6 is 35.0 Å². The third-order valence-corrected chi connectivity index (χ3v) is 3.51. The minimum Gasteiger partial charge on any atom is -0.223 e. The summed E-state index contributed by atoms with van der Waals surface area (Å²) in [5.41, 5.74) is 2.08. The summed E-state index contributed by atoms with van der Waals surface area (Å²) >= 11 is 13.3. The maximum atomic E-state index is 5.83. The molecule has 0 aliphatic carbocycles. The molecule has 0 amide bonds. The van der Waals surface area contributed by atoms with Crippen LogP contribution in [0.5, 0.6) is 0 Å². The van der Waals surface area contributed by atoms with Crippen molar-refractivity contribution in [1.82, 2.24) is 9.97 Å². The molecule has 0 unspecified atom stereocenters. The van der Waals surface area contributed by atoms with Gasteiger partial charge in [-0.1, -0.05) is 23.7 Å². The number of nitrogens with zero attached hydrogens (tertiary/aromatic N) is 2. The molecule has 2 aromatic rings. The van der Waals surface area contributed by atoms with Gasteiger partial charge in [0.15, 0.2) is 0 Å². The molecule has 0 N–H and O–H groups in total. The fourth-order valence-electron chi connectivity index (χ4n) is 1.32. The normalized spacial score (nSPS) is 10.5. The zero-order valence-corrected chi connectivity index (χ0v) is 11.5. The molecule has 1 aromatic heterocycles. The Morgan fingerprint density at radius 1 is 1.12 bits per heavy atom. The van der Waals surface area contributed by atoms with Crippen LogP contribution in [-0.2, 0) is 5.75 Å². The molecule has 0 aliphatic rings. The van der Waals surface area contributed by atoms with Crippen molar-refractivity contribution < 1.29 is 0 Å².